The number of amides is 1. The lowest BCUT2D eigenvalue weighted by molar-refractivity contribution is -0.116. The Labute approximate surface area is 108 Å². The summed E-state index contributed by atoms with van der Waals surface area (Å²) >= 11 is 0. The summed E-state index contributed by atoms with van der Waals surface area (Å²) in [7, 11) is 1.65. The molecule has 3 N–H and O–H groups in total. The largest absolute Gasteiger partial charge is 0.380 e. The van der Waals surface area contributed by atoms with Crippen LogP contribution < -0.4 is 11.1 Å². The Morgan fingerprint density at radius 1 is 1.47 bits per heavy atom. The van der Waals surface area contributed by atoms with E-state index in [4.69, 9.17) is 10.5 Å². The number of halogens is 1. The highest BCUT2D eigenvalue weighted by atomic mass is 35.5. The Morgan fingerprint density at radius 3 is 2.88 bits per heavy atom. The van der Waals surface area contributed by atoms with Crippen molar-refractivity contribution in [3.63, 3.8) is 0 Å². The molecule has 0 aromatic heterocycles. The van der Waals surface area contributed by atoms with Gasteiger partial charge in [0.15, 0.2) is 0 Å². The van der Waals surface area contributed by atoms with Crippen LogP contribution in [0.15, 0.2) is 24.3 Å². The van der Waals surface area contributed by atoms with Crippen LogP contribution >= 0.6 is 12.4 Å². The quantitative estimate of drug-likeness (QED) is 0.820. The Morgan fingerprint density at radius 2 is 2.24 bits per heavy atom. The number of hydrogen-bond donors (Lipinski definition) is 2. The maximum absolute atomic E-state index is 11.4. The Bertz CT molecular complexity index is 345. The van der Waals surface area contributed by atoms with Gasteiger partial charge < -0.3 is 15.8 Å². The number of carbonyl (C=O) groups is 1. The smallest absolute Gasteiger partial charge is 0.224 e. The third-order valence-corrected chi connectivity index (χ3v) is 2.13. The molecule has 4 nitrogen and oxygen atoms in total. The van der Waals surface area contributed by atoms with Crippen molar-refractivity contribution in [1.82, 2.24) is 0 Å². The first-order chi connectivity index (χ1) is 7.76. The maximum atomic E-state index is 11.4. The van der Waals surface area contributed by atoms with Crippen molar-refractivity contribution in [3.8, 4) is 0 Å². The second-order valence-electron chi connectivity index (χ2n) is 3.57. The van der Waals surface area contributed by atoms with E-state index in [1.54, 1.807) is 7.11 Å². The molecule has 1 amide bonds. The number of ether oxygens (including phenoxy) is 1. The van der Waals surface area contributed by atoms with Gasteiger partial charge in [0.05, 0.1) is 6.61 Å². The molecule has 0 saturated heterocycles. The van der Waals surface area contributed by atoms with Gasteiger partial charge in [-0.2, -0.15) is 0 Å². The van der Waals surface area contributed by atoms with Gasteiger partial charge in [0.2, 0.25) is 5.91 Å². The lowest BCUT2D eigenvalue weighted by Crippen LogP contribution is -2.13. The molecule has 0 saturated carbocycles. The van der Waals surface area contributed by atoms with E-state index < -0.39 is 0 Å². The van der Waals surface area contributed by atoms with E-state index in [0.717, 1.165) is 11.3 Å². The molecule has 17 heavy (non-hydrogen) atoms. The molecule has 0 fully saturated rings. The van der Waals surface area contributed by atoms with Crippen molar-refractivity contribution in [2.45, 2.75) is 19.4 Å². The zero-order chi connectivity index (χ0) is 11.8. The molecule has 0 unspecified atom stereocenters. The molecule has 0 aliphatic rings. The van der Waals surface area contributed by atoms with E-state index in [0.29, 0.717) is 26.0 Å². The van der Waals surface area contributed by atoms with E-state index >= 15 is 0 Å². The first kappa shape index (κ1) is 15.9. The average Bonchev–Trinajstić information content (AvgIpc) is 2.27. The predicted octanol–water partition coefficient (Wildman–Crippen LogP) is 1.93. The summed E-state index contributed by atoms with van der Waals surface area (Å²) in [4.78, 5) is 11.4. The van der Waals surface area contributed by atoms with Gasteiger partial charge in [0.1, 0.15) is 0 Å². The molecule has 5 heteroatoms. The van der Waals surface area contributed by atoms with E-state index in [2.05, 4.69) is 5.32 Å². The Kier molecular flexibility index (Phi) is 8.40. The fourth-order valence-electron chi connectivity index (χ4n) is 1.39. The average molecular weight is 259 g/mol. The number of methoxy groups -OCH3 is 1. The molecule has 0 aliphatic heterocycles. The maximum Gasteiger partial charge on any atom is 0.224 e. The lowest BCUT2D eigenvalue weighted by Gasteiger charge is -2.06. The second-order valence-corrected chi connectivity index (χ2v) is 3.57. The first-order valence-corrected chi connectivity index (χ1v) is 5.34. The van der Waals surface area contributed by atoms with Gasteiger partial charge in [-0.05, 0) is 30.7 Å². The van der Waals surface area contributed by atoms with E-state index in [1.165, 1.54) is 0 Å². The fraction of sp³-hybridized carbons (Fsp3) is 0.417. The standard InChI is InChI=1S/C12H18N2O2.ClH/c1-16-9-10-4-2-5-11(8-10)14-12(15)6-3-7-13;/h2,4-5,8H,3,6-7,9,13H2,1H3,(H,14,15);1H. The third kappa shape index (κ3) is 6.26. The minimum Gasteiger partial charge on any atom is -0.380 e. The zero-order valence-electron chi connectivity index (χ0n) is 9.94. The van der Waals surface area contributed by atoms with Gasteiger partial charge in [-0.3, -0.25) is 4.79 Å². The van der Waals surface area contributed by atoms with Crippen LogP contribution in [0.1, 0.15) is 18.4 Å². The molecule has 0 radical (unpaired) electrons. The lowest BCUT2D eigenvalue weighted by atomic mass is 10.2. The molecular formula is C12H19ClN2O2. The highest BCUT2D eigenvalue weighted by Crippen LogP contribution is 2.11. The fourth-order valence-corrected chi connectivity index (χ4v) is 1.39. The number of anilines is 1. The number of benzene rings is 1. The summed E-state index contributed by atoms with van der Waals surface area (Å²) in [6, 6.07) is 7.62. The van der Waals surface area contributed by atoms with Crippen molar-refractivity contribution >= 4 is 24.0 Å². The van der Waals surface area contributed by atoms with Crippen LogP contribution in [0, 0.1) is 0 Å². The Balaban J connectivity index is 0.00000256. The van der Waals surface area contributed by atoms with E-state index in [9.17, 15) is 4.79 Å². The van der Waals surface area contributed by atoms with E-state index in [1.807, 2.05) is 24.3 Å². The Hall–Kier alpha value is -1.10. The van der Waals surface area contributed by atoms with Crippen LogP contribution in [0.3, 0.4) is 0 Å². The van der Waals surface area contributed by atoms with Crippen molar-refractivity contribution < 1.29 is 9.53 Å². The van der Waals surface area contributed by atoms with Gasteiger partial charge in [-0.25, -0.2) is 0 Å². The number of rotatable bonds is 6. The zero-order valence-corrected chi connectivity index (χ0v) is 10.8. The first-order valence-electron chi connectivity index (χ1n) is 5.34. The second kappa shape index (κ2) is 8.98. The van der Waals surface area contributed by atoms with E-state index in [-0.39, 0.29) is 18.3 Å². The summed E-state index contributed by atoms with van der Waals surface area (Å²) in [6.07, 6.45) is 1.18. The van der Waals surface area contributed by atoms with Gasteiger partial charge in [-0.15, -0.1) is 12.4 Å². The van der Waals surface area contributed by atoms with Gasteiger partial charge in [0.25, 0.3) is 0 Å². The molecule has 1 aromatic carbocycles. The normalized spacial score (nSPS) is 9.53. The summed E-state index contributed by atoms with van der Waals surface area (Å²) in [6.45, 7) is 1.09. The molecule has 1 aromatic rings. The van der Waals surface area contributed by atoms with Crippen LogP contribution in [0.25, 0.3) is 0 Å². The molecule has 1 rings (SSSR count). The molecule has 0 aliphatic carbocycles. The number of nitrogens with one attached hydrogen (secondary N) is 1. The van der Waals surface area contributed by atoms with Crippen LogP contribution in [0.5, 0.6) is 0 Å². The van der Waals surface area contributed by atoms with Gasteiger partial charge in [-0.1, -0.05) is 12.1 Å². The minimum atomic E-state index is 0. The number of nitrogens with two attached hydrogens (primary N) is 1. The highest BCUT2D eigenvalue weighted by molar-refractivity contribution is 5.90. The van der Waals surface area contributed by atoms with Crippen LogP contribution in [-0.2, 0) is 16.1 Å². The van der Waals surface area contributed by atoms with Crippen LogP contribution in [-0.4, -0.2) is 19.6 Å². The SMILES string of the molecule is COCc1cccc(NC(=O)CCCN)c1.Cl. The van der Waals surface area contributed by atoms with Gasteiger partial charge in [0, 0.05) is 19.2 Å². The molecular weight excluding hydrogens is 240 g/mol. The topological polar surface area (TPSA) is 64.3 Å². The van der Waals surface area contributed by atoms with Gasteiger partial charge >= 0.3 is 0 Å². The predicted molar refractivity (Wildman–Crippen MR) is 71.3 cm³/mol. The molecule has 0 bridgehead atoms. The highest BCUT2D eigenvalue weighted by Gasteiger charge is 2.02. The van der Waals surface area contributed by atoms with Crippen molar-refractivity contribution in [2.75, 3.05) is 19.0 Å². The van der Waals surface area contributed by atoms with Crippen LogP contribution in [0.2, 0.25) is 0 Å². The van der Waals surface area contributed by atoms with Crippen molar-refractivity contribution in [3.05, 3.63) is 29.8 Å². The molecule has 0 atom stereocenters. The summed E-state index contributed by atoms with van der Waals surface area (Å²) in [5.74, 6) is 0.0000156. The number of carbonyl (C=O) groups excluding carboxylic acids is 1. The molecule has 96 valence electrons. The summed E-state index contributed by atoms with van der Waals surface area (Å²) in [5, 5.41) is 2.83. The summed E-state index contributed by atoms with van der Waals surface area (Å²) in [5.41, 5.74) is 7.18. The summed E-state index contributed by atoms with van der Waals surface area (Å²) < 4.78 is 5.02. The monoisotopic (exact) mass is 258 g/mol. The third-order valence-electron chi connectivity index (χ3n) is 2.13. The van der Waals surface area contributed by atoms with Crippen LogP contribution in [0.4, 0.5) is 5.69 Å². The molecule has 0 spiro atoms. The number of hydrogen-bond acceptors (Lipinski definition) is 3. The molecule has 0 heterocycles. The van der Waals surface area contributed by atoms with Crippen molar-refractivity contribution in [1.29, 1.82) is 0 Å². The van der Waals surface area contributed by atoms with Crippen molar-refractivity contribution in [2.24, 2.45) is 5.73 Å². The minimum absolute atomic E-state index is 0.